The predicted octanol–water partition coefficient (Wildman–Crippen LogP) is -0.727. The number of amides is 1. The summed E-state index contributed by atoms with van der Waals surface area (Å²) in [6.07, 6.45) is 0. The van der Waals surface area contributed by atoms with E-state index in [2.05, 4.69) is 0 Å². The lowest BCUT2D eigenvalue weighted by molar-refractivity contribution is -0.140. The molecule has 7 nitrogen and oxygen atoms in total. The van der Waals surface area contributed by atoms with Crippen molar-refractivity contribution in [1.29, 1.82) is 0 Å². The minimum atomic E-state index is -1.50. The SMILES string of the molecule is O=C(N[C@@H](CO)C(=O)O)c1c(O)cccc1O. The van der Waals surface area contributed by atoms with Crippen LogP contribution in [-0.2, 0) is 4.79 Å². The quantitative estimate of drug-likeness (QED) is 0.473. The van der Waals surface area contributed by atoms with E-state index in [0.29, 0.717) is 0 Å². The summed E-state index contributed by atoms with van der Waals surface area (Å²) in [5.74, 6) is -3.37. The number of carboxylic acids is 1. The Labute approximate surface area is 95.9 Å². The third-order valence-corrected chi connectivity index (χ3v) is 2.03. The fourth-order valence-corrected chi connectivity index (χ4v) is 1.18. The van der Waals surface area contributed by atoms with E-state index in [1.807, 2.05) is 5.32 Å². The van der Waals surface area contributed by atoms with Crippen molar-refractivity contribution in [2.45, 2.75) is 6.04 Å². The molecule has 0 aliphatic heterocycles. The summed E-state index contributed by atoms with van der Waals surface area (Å²) >= 11 is 0. The summed E-state index contributed by atoms with van der Waals surface area (Å²) in [6.45, 7) is -0.796. The molecule has 0 spiro atoms. The summed E-state index contributed by atoms with van der Waals surface area (Å²) < 4.78 is 0. The molecular weight excluding hydrogens is 230 g/mol. The van der Waals surface area contributed by atoms with E-state index in [1.54, 1.807) is 0 Å². The van der Waals surface area contributed by atoms with Crippen molar-refractivity contribution < 1.29 is 30.0 Å². The van der Waals surface area contributed by atoms with E-state index in [0.717, 1.165) is 0 Å². The van der Waals surface area contributed by atoms with E-state index >= 15 is 0 Å². The number of aliphatic hydroxyl groups is 1. The summed E-state index contributed by atoms with van der Waals surface area (Å²) in [5.41, 5.74) is -0.438. The van der Waals surface area contributed by atoms with Gasteiger partial charge in [-0.15, -0.1) is 0 Å². The van der Waals surface area contributed by atoms with Crippen LogP contribution in [0, 0.1) is 0 Å². The molecule has 0 aromatic heterocycles. The summed E-state index contributed by atoms with van der Waals surface area (Å²) in [6, 6.07) is 2.16. The number of hydrogen-bond acceptors (Lipinski definition) is 5. The van der Waals surface area contributed by atoms with Gasteiger partial charge >= 0.3 is 5.97 Å². The van der Waals surface area contributed by atoms with E-state index in [9.17, 15) is 19.8 Å². The number of carbonyl (C=O) groups excluding carboxylic acids is 1. The molecule has 0 fully saturated rings. The number of carbonyl (C=O) groups is 2. The second-order valence-electron chi connectivity index (χ2n) is 3.22. The highest BCUT2D eigenvalue weighted by Crippen LogP contribution is 2.25. The first-order valence-electron chi connectivity index (χ1n) is 4.62. The molecular formula is C10H11NO6. The Morgan fingerprint density at radius 1 is 1.24 bits per heavy atom. The largest absolute Gasteiger partial charge is 0.507 e. The molecule has 0 saturated heterocycles. The number of aliphatic carboxylic acids is 1. The Morgan fingerprint density at radius 2 is 1.76 bits per heavy atom. The Bertz CT molecular complexity index is 424. The minimum Gasteiger partial charge on any atom is -0.507 e. The Kier molecular flexibility index (Phi) is 3.89. The monoisotopic (exact) mass is 241 g/mol. The molecule has 0 saturated carbocycles. The number of nitrogens with one attached hydrogen (secondary N) is 1. The molecule has 1 aromatic carbocycles. The lowest BCUT2D eigenvalue weighted by atomic mass is 10.1. The molecule has 0 unspecified atom stereocenters. The normalized spacial score (nSPS) is 11.8. The third kappa shape index (κ3) is 2.85. The molecule has 92 valence electrons. The second-order valence-corrected chi connectivity index (χ2v) is 3.22. The Balaban J connectivity index is 2.94. The van der Waals surface area contributed by atoms with Crippen LogP contribution < -0.4 is 5.32 Å². The maximum absolute atomic E-state index is 11.6. The fourth-order valence-electron chi connectivity index (χ4n) is 1.18. The van der Waals surface area contributed by atoms with Gasteiger partial charge in [0, 0.05) is 0 Å². The lowest BCUT2D eigenvalue weighted by Gasteiger charge is -2.12. The van der Waals surface area contributed by atoms with Crippen LogP contribution in [0.4, 0.5) is 0 Å². The number of phenolic OH excluding ortho intramolecular Hbond substituents is 2. The van der Waals surface area contributed by atoms with Crippen LogP contribution in [0.15, 0.2) is 18.2 Å². The van der Waals surface area contributed by atoms with Crippen molar-refractivity contribution in [3.63, 3.8) is 0 Å². The minimum absolute atomic E-state index is 0.438. The Hall–Kier alpha value is -2.28. The van der Waals surface area contributed by atoms with Crippen molar-refractivity contribution >= 4 is 11.9 Å². The first kappa shape index (κ1) is 12.8. The van der Waals surface area contributed by atoms with Gasteiger partial charge < -0.3 is 25.7 Å². The fraction of sp³-hybridized carbons (Fsp3) is 0.200. The van der Waals surface area contributed by atoms with Crippen LogP contribution in [-0.4, -0.2) is 45.0 Å². The molecule has 17 heavy (non-hydrogen) atoms. The average Bonchev–Trinajstić information content (AvgIpc) is 2.25. The van der Waals surface area contributed by atoms with Gasteiger partial charge in [0.15, 0.2) is 6.04 Å². The zero-order valence-electron chi connectivity index (χ0n) is 8.62. The van der Waals surface area contributed by atoms with Gasteiger partial charge in [-0.2, -0.15) is 0 Å². The Morgan fingerprint density at radius 3 is 2.18 bits per heavy atom. The summed E-state index contributed by atoms with van der Waals surface area (Å²) in [5, 5.41) is 38.0. The first-order chi connectivity index (χ1) is 7.97. The summed E-state index contributed by atoms with van der Waals surface area (Å²) in [7, 11) is 0. The van der Waals surface area contributed by atoms with Gasteiger partial charge in [0.05, 0.1) is 6.61 Å². The van der Waals surface area contributed by atoms with Crippen LogP contribution in [0.3, 0.4) is 0 Å². The van der Waals surface area contributed by atoms with Gasteiger partial charge in [-0.3, -0.25) is 4.79 Å². The van der Waals surface area contributed by atoms with Crippen molar-refractivity contribution in [3.05, 3.63) is 23.8 Å². The zero-order valence-corrected chi connectivity index (χ0v) is 8.62. The van der Waals surface area contributed by atoms with Crippen molar-refractivity contribution in [1.82, 2.24) is 5.32 Å². The van der Waals surface area contributed by atoms with Crippen LogP contribution in [0.2, 0.25) is 0 Å². The van der Waals surface area contributed by atoms with Gasteiger partial charge in [0.2, 0.25) is 0 Å². The number of phenols is 2. The van der Waals surface area contributed by atoms with Crippen molar-refractivity contribution in [2.24, 2.45) is 0 Å². The molecule has 0 aliphatic rings. The maximum atomic E-state index is 11.6. The average molecular weight is 241 g/mol. The van der Waals surface area contributed by atoms with Gasteiger partial charge in [-0.05, 0) is 12.1 Å². The van der Waals surface area contributed by atoms with Crippen LogP contribution in [0.5, 0.6) is 11.5 Å². The standard InChI is InChI=1S/C10H11NO6/c12-4-5(10(16)17)11-9(15)8-6(13)2-1-3-7(8)14/h1-3,5,12-14H,4H2,(H,11,15)(H,16,17)/t5-/m0/s1. The lowest BCUT2D eigenvalue weighted by Crippen LogP contribution is -2.43. The molecule has 0 radical (unpaired) electrons. The molecule has 0 heterocycles. The zero-order chi connectivity index (χ0) is 13.0. The van der Waals surface area contributed by atoms with E-state index in [-0.39, 0.29) is 0 Å². The van der Waals surface area contributed by atoms with Crippen molar-refractivity contribution in [3.8, 4) is 11.5 Å². The second kappa shape index (κ2) is 5.17. The molecule has 1 aromatic rings. The van der Waals surface area contributed by atoms with Crippen LogP contribution in [0.1, 0.15) is 10.4 Å². The van der Waals surface area contributed by atoms with E-state index in [1.165, 1.54) is 18.2 Å². The maximum Gasteiger partial charge on any atom is 0.328 e. The number of rotatable bonds is 4. The van der Waals surface area contributed by atoms with E-state index in [4.69, 9.17) is 10.2 Å². The van der Waals surface area contributed by atoms with E-state index < -0.39 is 41.6 Å². The smallest absolute Gasteiger partial charge is 0.328 e. The number of benzene rings is 1. The topological polar surface area (TPSA) is 127 Å². The molecule has 1 rings (SSSR count). The number of aromatic hydroxyl groups is 2. The third-order valence-electron chi connectivity index (χ3n) is 2.03. The highest BCUT2D eigenvalue weighted by molar-refractivity contribution is 6.01. The first-order valence-corrected chi connectivity index (χ1v) is 4.62. The van der Waals surface area contributed by atoms with Crippen molar-refractivity contribution in [2.75, 3.05) is 6.61 Å². The predicted molar refractivity (Wildman–Crippen MR) is 55.7 cm³/mol. The molecule has 1 amide bonds. The highest BCUT2D eigenvalue weighted by Gasteiger charge is 2.23. The number of hydrogen-bond donors (Lipinski definition) is 5. The van der Waals surface area contributed by atoms with Gasteiger partial charge in [-0.1, -0.05) is 6.07 Å². The molecule has 0 aliphatic carbocycles. The van der Waals surface area contributed by atoms with Gasteiger partial charge in [-0.25, -0.2) is 4.79 Å². The summed E-state index contributed by atoms with van der Waals surface area (Å²) in [4.78, 5) is 22.1. The van der Waals surface area contributed by atoms with Gasteiger partial charge in [0.25, 0.3) is 5.91 Å². The molecule has 5 N–H and O–H groups in total. The highest BCUT2D eigenvalue weighted by atomic mass is 16.4. The van der Waals surface area contributed by atoms with Crippen LogP contribution >= 0.6 is 0 Å². The van der Waals surface area contributed by atoms with Crippen LogP contribution in [0.25, 0.3) is 0 Å². The molecule has 1 atom stereocenters. The molecule has 0 bridgehead atoms. The molecule has 7 heteroatoms. The van der Waals surface area contributed by atoms with Gasteiger partial charge in [0.1, 0.15) is 17.1 Å². The number of aliphatic hydroxyl groups excluding tert-OH is 1. The number of carboxylic acid groups (broad SMARTS) is 1.